The third-order valence-corrected chi connectivity index (χ3v) is 1.72. The highest BCUT2D eigenvalue weighted by Crippen LogP contribution is 2.21. The molecule has 0 aliphatic carbocycles. The lowest BCUT2D eigenvalue weighted by Gasteiger charge is -1.95. The molecule has 2 aromatic rings. The number of fused-ring (bicyclic) bond motifs is 1. The summed E-state index contributed by atoms with van der Waals surface area (Å²) in [5.74, 6) is 0. The van der Waals surface area contributed by atoms with Crippen LogP contribution in [0.25, 0.3) is 10.9 Å². The lowest BCUT2D eigenvalue weighted by molar-refractivity contribution is -0.383. The lowest BCUT2D eigenvalue weighted by atomic mass is 10.2. The van der Waals surface area contributed by atoms with Crippen molar-refractivity contribution in [3.63, 3.8) is 0 Å². The Hall–Kier alpha value is -2.04. The number of rotatable bonds is 1. The fourth-order valence-corrected chi connectivity index (χ4v) is 1.14. The van der Waals surface area contributed by atoms with Gasteiger partial charge in [0, 0.05) is 0 Å². The van der Waals surface area contributed by atoms with Gasteiger partial charge in [-0.2, -0.15) is 10.2 Å². The molecule has 0 atom stereocenters. The van der Waals surface area contributed by atoms with Crippen molar-refractivity contribution in [3.8, 4) is 0 Å². The van der Waals surface area contributed by atoms with E-state index >= 15 is 0 Å². The zero-order valence-corrected chi connectivity index (χ0v) is 6.54. The first-order chi connectivity index (χ1) is 6.29. The summed E-state index contributed by atoms with van der Waals surface area (Å²) in [6.45, 7) is 0. The predicted molar refractivity (Wildman–Crippen MR) is 46.2 cm³/mol. The van der Waals surface area contributed by atoms with Gasteiger partial charge in [-0.25, -0.2) is 0 Å². The van der Waals surface area contributed by atoms with Gasteiger partial charge in [-0.15, -0.1) is 0 Å². The maximum absolute atomic E-state index is 10.6. The van der Waals surface area contributed by atoms with Gasteiger partial charge in [0.2, 0.25) is 0 Å². The molecule has 13 heavy (non-hydrogen) atoms. The van der Waals surface area contributed by atoms with Crippen LogP contribution in [-0.2, 0) is 0 Å². The van der Waals surface area contributed by atoms with Crippen LogP contribution in [-0.4, -0.2) is 15.1 Å². The second-order valence-electron chi connectivity index (χ2n) is 2.50. The van der Waals surface area contributed by atoms with Gasteiger partial charge >= 0.3 is 0 Å². The first-order valence-electron chi connectivity index (χ1n) is 3.64. The summed E-state index contributed by atoms with van der Waals surface area (Å²) in [4.78, 5) is 10.1. The third-order valence-electron chi connectivity index (χ3n) is 1.72. The van der Waals surface area contributed by atoms with Crippen molar-refractivity contribution < 1.29 is 4.92 Å². The van der Waals surface area contributed by atoms with Crippen molar-refractivity contribution in [1.82, 2.24) is 10.2 Å². The van der Waals surface area contributed by atoms with E-state index in [1.807, 2.05) is 0 Å². The SMILES string of the molecule is O=[N+]([O-])c1cnnc2ccccc12. The van der Waals surface area contributed by atoms with Gasteiger partial charge in [0.05, 0.1) is 15.8 Å². The zero-order valence-electron chi connectivity index (χ0n) is 6.54. The molecule has 1 aromatic carbocycles. The van der Waals surface area contributed by atoms with Gasteiger partial charge in [-0.05, 0) is 12.1 Å². The minimum Gasteiger partial charge on any atom is -0.258 e. The van der Waals surface area contributed by atoms with Gasteiger partial charge in [-0.1, -0.05) is 12.1 Å². The van der Waals surface area contributed by atoms with Crippen LogP contribution in [0, 0.1) is 10.1 Å². The maximum atomic E-state index is 10.6. The number of aromatic nitrogens is 2. The van der Waals surface area contributed by atoms with Crippen molar-refractivity contribution >= 4 is 16.6 Å². The molecule has 0 saturated heterocycles. The second kappa shape index (κ2) is 2.78. The molecule has 0 fully saturated rings. The van der Waals surface area contributed by atoms with Crippen molar-refractivity contribution in [2.75, 3.05) is 0 Å². The molecule has 0 saturated carbocycles. The fraction of sp³-hybridized carbons (Fsp3) is 0. The van der Waals surface area contributed by atoms with Crippen LogP contribution in [0.4, 0.5) is 5.69 Å². The molecule has 0 amide bonds. The molecule has 0 N–H and O–H groups in total. The van der Waals surface area contributed by atoms with Crippen LogP contribution in [0.5, 0.6) is 0 Å². The van der Waals surface area contributed by atoms with Crippen LogP contribution >= 0.6 is 0 Å². The van der Waals surface area contributed by atoms with E-state index in [9.17, 15) is 10.1 Å². The Labute approximate surface area is 73.2 Å². The zero-order chi connectivity index (χ0) is 9.26. The summed E-state index contributed by atoms with van der Waals surface area (Å²) in [5.41, 5.74) is 0.530. The summed E-state index contributed by atoms with van der Waals surface area (Å²) in [5, 5.41) is 18.4. The molecular formula is C8H5N3O2. The van der Waals surface area contributed by atoms with Gasteiger partial charge < -0.3 is 0 Å². The number of nitro groups is 1. The third kappa shape index (κ3) is 1.20. The predicted octanol–water partition coefficient (Wildman–Crippen LogP) is 1.54. The average Bonchev–Trinajstić information content (AvgIpc) is 2.17. The van der Waals surface area contributed by atoms with Crippen molar-refractivity contribution in [2.45, 2.75) is 0 Å². The molecule has 1 aromatic heterocycles. The van der Waals surface area contributed by atoms with Crippen molar-refractivity contribution in [3.05, 3.63) is 40.6 Å². The highest BCUT2D eigenvalue weighted by molar-refractivity contribution is 5.86. The van der Waals surface area contributed by atoms with Gasteiger partial charge in [0.1, 0.15) is 6.20 Å². The number of nitrogens with zero attached hydrogens (tertiary/aromatic N) is 3. The van der Waals surface area contributed by atoms with E-state index in [4.69, 9.17) is 0 Å². The maximum Gasteiger partial charge on any atom is 0.298 e. The molecular weight excluding hydrogens is 170 g/mol. The van der Waals surface area contributed by atoms with E-state index in [-0.39, 0.29) is 5.69 Å². The first-order valence-corrected chi connectivity index (χ1v) is 3.64. The largest absolute Gasteiger partial charge is 0.298 e. The van der Waals surface area contributed by atoms with Gasteiger partial charge in [-0.3, -0.25) is 10.1 Å². The molecule has 5 nitrogen and oxygen atoms in total. The van der Waals surface area contributed by atoms with Crippen LogP contribution in [0.15, 0.2) is 30.5 Å². The van der Waals surface area contributed by atoms with E-state index in [1.54, 1.807) is 24.3 Å². The Morgan fingerprint density at radius 3 is 2.85 bits per heavy atom. The molecule has 5 heteroatoms. The summed E-state index contributed by atoms with van der Waals surface area (Å²) < 4.78 is 0. The smallest absolute Gasteiger partial charge is 0.258 e. The van der Waals surface area contributed by atoms with Crippen molar-refractivity contribution in [2.24, 2.45) is 0 Å². The molecule has 64 valence electrons. The number of hydrogen-bond acceptors (Lipinski definition) is 4. The molecule has 0 unspecified atom stereocenters. The Morgan fingerprint density at radius 1 is 1.31 bits per heavy atom. The minimum atomic E-state index is -0.461. The summed E-state index contributed by atoms with van der Waals surface area (Å²) in [6, 6.07) is 6.84. The van der Waals surface area contributed by atoms with E-state index < -0.39 is 4.92 Å². The van der Waals surface area contributed by atoms with Crippen LogP contribution in [0.1, 0.15) is 0 Å². The minimum absolute atomic E-state index is 0.00870. The van der Waals surface area contributed by atoms with E-state index in [1.165, 1.54) is 0 Å². The second-order valence-corrected chi connectivity index (χ2v) is 2.50. The van der Waals surface area contributed by atoms with E-state index in [2.05, 4.69) is 10.2 Å². The molecule has 2 rings (SSSR count). The monoisotopic (exact) mass is 175 g/mol. The Kier molecular flexibility index (Phi) is 1.63. The topological polar surface area (TPSA) is 68.9 Å². The number of hydrogen-bond donors (Lipinski definition) is 0. The van der Waals surface area contributed by atoms with Crippen molar-refractivity contribution in [1.29, 1.82) is 0 Å². The Morgan fingerprint density at radius 2 is 2.08 bits per heavy atom. The fourth-order valence-electron chi connectivity index (χ4n) is 1.14. The van der Waals surface area contributed by atoms with Gasteiger partial charge in [0.15, 0.2) is 0 Å². The average molecular weight is 175 g/mol. The highest BCUT2D eigenvalue weighted by atomic mass is 16.6. The molecule has 0 aliphatic heterocycles. The Bertz CT molecular complexity index is 464. The summed E-state index contributed by atoms with van der Waals surface area (Å²) in [7, 11) is 0. The van der Waals surface area contributed by atoms with Crippen LogP contribution in [0.3, 0.4) is 0 Å². The number of benzene rings is 1. The van der Waals surface area contributed by atoms with Crippen LogP contribution < -0.4 is 0 Å². The Balaban J connectivity index is 2.83. The normalized spacial score (nSPS) is 10.2. The molecule has 0 radical (unpaired) electrons. The van der Waals surface area contributed by atoms with Crippen LogP contribution in [0.2, 0.25) is 0 Å². The highest BCUT2D eigenvalue weighted by Gasteiger charge is 2.11. The first kappa shape index (κ1) is 7.60. The molecule has 0 aliphatic rings. The summed E-state index contributed by atoms with van der Waals surface area (Å²) in [6.07, 6.45) is 1.16. The molecule has 0 bridgehead atoms. The van der Waals surface area contributed by atoms with E-state index in [0.29, 0.717) is 10.9 Å². The molecule has 0 spiro atoms. The standard InChI is InChI=1S/C8H5N3O2/c12-11(13)8-5-9-10-7-4-2-1-3-6(7)8/h1-5H. The quantitative estimate of drug-likeness (QED) is 0.487. The summed E-state index contributed by atoms with van der Waals surface area (Å²) >= 11 is 0. The van der Waals surface area contributed by atoms with E-state index in [0.717, 1.165) is 6.20 Å². The molecule has 1 heterocycles. The van der Waals surface area contributed by atoms with Gasteiger partial charge in [0.25, 0.3) is 5.69 Å². The lowest BCUT2D eigenvalue weighted by Crippen LogP contribution is -1.92.